The van der Waals surface area contributed by atoms with Gasteiger partial charge in [-0.25, -0.2) is 4.79 Å². The monoisotopic (exact) mass is 340 g/mol. The lowest BCUT2D eigenvalue weighted by atomic mass is 10.1. The number of benzene rings is 2. The molecule has 5 nitrogen and oxygen atoms in total. The summed E-state index contributed by atoms with van der Waals surface area (Å²) in [5, 5.41) is 11.0. The first kappa shape index (κ1) is 18.6. The minimum absolute atomic E-state index is 0.327. The number of carbonyl (C=O) groups is 1. The average Bonchev–Trinajstić information content (AvgIpc) is 2.56. The van der Waals surface area contributed by atoms with Crippen molar-refractivity contribution in [2.75, 3.05) is 20.2 Å². The van der Waals surface area contributed by atoms with E-state index < -0.39 is 5.60 Å². The van der Waals surface area contributed by atoms with Crippen LogP contribution in [0.5, 0.6) is 5.75 Å². The quantitative estimate of drug-likeness (QED) is 0.759. The molecule has 2 rings (SSSR count). The zero-order chi connectivity index (χ0) is 18.4. The topological polar surface area (TPSA) is 62.6 Å². The van der Waals surface area contributed by atoms with E-state index in [1.54, 1.807) is 18.0 Å². The van der Waals surface area contributed by atoms with Gasteiger partial charge >= 0.3 is 6.09 Å². The highest BCUT2D eigenvalue weighted by atomic mass is 16.6. The molecule has 2 aromatic rings. The van der Waals surface area contributed by atoms with Crippen LogP contribution in [-0.2, 0) is 4.74 Å². The number of nitrogens with zero attached hydrogens (tertiary/aromatic N) is 2. The van der Waals surface area contributed by atoms with Crippen LogP contribution in [0.4, 0.5) is 4.79 Å². The molecule has 0 unspecified atom stereocenters. The van der Waals surface area contributed by atoms with Gasteiger partial charge in [-0.15, -0.1) is 0 Å². The Labute approximate surface area is 148 Å². The summed E-state index contributed by atoms with van der Waals surface area (Å²) in [6.45, 7) is 6.62. The maximum atomic E-state index is 11.9. The van der Waals surface area contributed by atoms with E-state index >= 15 is 0 Å². The van der Waals surface area contributed by atoms with Crippen molar-refractivity contribution in [1.29, 1.82) is 5.26 Å². The van der Waals surface area contributed by atoms with Crippen molar-refractivity contribution in [1.82, 2.24) is 4.90 Å². The molecule has 0 aromatic heterocycles. The Morgan fingerprint density at radius 2 is 1.84 bits per heavy atom. The Bertz CT molecular complexity index is 788. The molecule has 0 heterocycles. The molecule has 0 fully saturated rings. The van der Waals surface area contributed by atoms with E-state index in [0.29, 0.717) is 25.1 Å². The van der Waals surface area contributed by atoms with Crippen LogP contribution in [0.2, 0.25) is 0 Å². The number of hydrogen-bond acceptors (Lipinski definition) is 4. The predicted octanol–water partition coefficient (Wildman–Crippen LogP) is 4.35. The third-order valence-corrected chi connectivity index (χ3v) is 3.55. The summed E-state index contributed by atoms with van der Waals surface area (Å²) < 4.78 is 11.1. The first-order valence-electron chi connectivity index (χ1n) is 8.29. The summed E-state index contributed by atoms with van der Waals surface area (Å²) in [7, 11) is 1.72. The summed E-state index contributed by atoms with van der Waals surface area (Å²) in [6, 6.07) is 13.5. The zero-order valence-corrected chi connectivity index (χ0v) is 15.2. The number of rotatable bonds is 5. The van der Waals surface area contributed by atoms with Crippen molar-refractivity contribution in [3.8, 4) is 11.8 Å². The highest BCUT2D eigenvalue weighted by molar-refractivity contribution is 5.85. The molecule has 0 atom stereocenters. The third kappa shape index (κ3) is 5.68. The van der Waals surface area contributed by atoms with Gasteiger partial charge in [0, 0.05) is 13.6 Å². The smallest absolute Gasteiger partial charge is 0.410 e. The van der Waals surface area contributed by atoms with E-state index in [9.17, 15) is 4.79 Å². The fourth-order valence-electron chi connectivity index (χ4n) is 2.31. The van der Waals surface area contributed by atoms with E-state index in [4.69, 9.17) is 14.7 Å². The summed E-state index contributed by atoms with van der Waals surface area (Å²) in [6.07, 6.45) is 0.382. The highest BCUT2D eigenvalue weighted by Crippen LogP contribution is 2.22. The van der Waals surface area contributed by atoms with Gasteiger partial charge in [0.25, 0.3) is 0 Å². The van der Waals surface area contributed by atoms with Gasteiger partial charge in [-0.1, -0.05) is 12.1 Å². The number of nitriles is 1. The molecule has 5 heteroatoms. The van der Waals surface area contributed by atoms with E-state index in [1.165, 1.54) is 0 Å². The molecule has 0 saturated heterocycles. The standard InChI is InChI=1S/C20H24N2O3/c1-20(2,3)25-19(23)22(4)10-5-11-24-18-9-8-16-12-15(14-21)6-7-17(16)13-18/h6-9,12-13H,5,10-11H2,1-4H3. The lowest BCUT2D eigenvalue weighted by Gasteiger charge is -2.24. The zero-order valence-electron chi connectivity index (χ0n) is 15.2. The van der Waals surface area contributed by atoms with Crippen LogP contribution in [0.3, 0.4) is 0 Å². The lowest BCUT2D eigenvalue weighted by molar-refractivity contribution is 0.0292. The second kappa shape index (κ2) is 7.89. The number of ether oxygens (including phenoxy) is 2. The molecule has 2 aromatic carbocycles. The molecule has 0 N–H and O–H groups in total. The molecule has 1 amide bonds. The van der Waals surface area contributed by atoms with Crippen molar-refractivity contribution in [2.24, 2.45) is 0 Å². The van der Waals surface area contributed by atoms with Crippen LogP contribution >= 0.6 is 0 Å². The highest BCUT2D eigenvalue weighted by Gasteiger charge is 2.19. The van der Waals surface area contributed by atoms with Crippen LogP contribution < -0.4 is 4.74 Å². The second-order valence-electron chi connectivity index (χ2n) is 6.94. The largest absolute Gasteiger partial charge is 0.494 e. The lowest BCUT2D eigenvalue weighted by Crippen LogP contribution is -2.35. The Morgan fingerprint density at radius 3 is 2.52 bits per heavy atom. The van der Waals surface area contributed by atoms with Gasteiger partial charge in [0.1, 0.15) is 11.4 Å². The van der Waals surface area contributed by atoms with E-state index in [-0.39, 0.29) is 6.09 Å². The van der Waals surface area contributed by atoms with Crippen molar-refractivity contribution in [2.45, 2.75) is 32.8 Å². The maximum Gasteiger partial charge on any atom is 0.410 e. The van der Waals surface area contributed by atoms with Gasteiger partial charge in [-0.2, -0.15) is 5.26 Å². The molecular formula is C20H24N2O3. The fourth-order valence-corrected chi connectivity index (χ4v) is 2.31. The molecule has 132 valence electrons. The van der Waals surface area contributed by atoms with Gasteiger partial charge in [-0.3, -0.25) is 0 Å². The number of carbonyl (C=O) groups excluding carboxylic acids is 1. The Kier molecular flexibility index (Phi) is 5.87. The number of fused-ring (bicyclic) bond motifs is 1. The van der Waals surface area contributed by atoms with Gasteiger partial charge < -0.3 is 14.4 Å². The minimum Gasteiger partial charge on any atom is -0.494 e. The summed E-state index contributed by atoms with van der Waals surface area (Å²) in [5.74, 6) is 0.775. The van der Waals surface area contributed by atoms with Gasteiger partial charge in [-0.05, 0) is 62.2 Å². The van der Waals surface area contributed by atoms with E-state index in [0.717, 1.165) is 16.5 Å². The molecule has 0 spiro atoms. The normalized spacial score (nSPS) is 11.0. The summed E-state index contributed by atoms with van der Waals surface area (Å²) in [5.41, 5.74) is 0.157. The molecule has 0 aliphatic heterocycles. The van der Waals surface area contributed by atoms with Gasteiger partial charge in [0.2, 0.25) is 0 Å². The number of hydrogen-bond donors (Lipinski definition) is 0. The summed E-state index contributed by atoms with van der Waals surface area (Å²) >= 11 is 0. The molecule has 0 saturated carbocycles. The maximum absolute atomic E-state index is 11.9. The van der Waals surface area contributed by atoms with Crippen molar-refractivity contribution >= 4 is 16.9 Å². The van der Waals surface area contributed by atoms with Crippen LogP contribution in [-0.4, -0.2) is 36.8 Å². The van der Waals surface area contributed by atoms with Crippen molar-refractivity contribution in [3.05, 3.63) is 42.0 Å². The molecule has 0 aliphatic carbocycles. The predicted molar refractivity (Wildman–Crippen MR) is 97.6 cm³/mol. The SMILES string of the molecule is CN(CCCOc1ccc2cc(C#N)ccc2c1)C(=O)OC(C)(C)C. The third-order valence-electron chi connectivity index (χ3n) is 3.55. The molecular weight excluding hydrogens is 316 g/mol. The Balaban J connectivity index is 1.83. The van der Waals surface area contributed by atoms with Crippen LogP contribution in [0, 0.1) is 11.3 Å². The first-order valence-corrected chi connectivity index (χ1v) is 8.29. The molecule has 0 bridgehead atoms. The average molecular weight is 340 g/mol. The molecule has 0 aliphatic rings. The van der Waals surface area contributed by atoms with E-state index in [1.807, 2.05) is 51.1 Å². The second-order valence-corrected chi connectivity index (χ2v) is 6.94. The minimum atomic E-state index is -0.488. The van der Waals surface area contributed by atoms with Crippen molar-refractivity contribution in [3.63, 3.8) is 0 Å². The van der Waals surface area contributed by atoms with Crippen LogP contribution in [0.1, 0.15) is 32.8 Å². The Morgan fingerprint density at radius 1 is 1.16 bits per heavy atom. The summed E-state index contributed by atoms with van der Waals surface area (Å²) in [4.78, 5) is 13.4. The van der Waals surface area contributed by atoms with Gasteiger partial charge in [0.15, 0.2) is 0 Å². The number of amides is 1. The van der Waals surface area contributed by atoms with Crippen LogP contribution in [0.25, 0.3) is 10.8 Å². The molecule has 0 radical (unpaired) electrons. The van der Waals surface area contributed by atoms with Crippen LogP contribution in [0.15, 0.2) is 36.4 Å². The van der Waals surface area contributed by atoms with Gasteiger partial charge in [0.05, 0.1) is 18.2 Å². The fraction of sp³-hybridized carbons (Fsp3) is 0.400. The van der Waals surface area contributed by atoms with Crippen molar-refractivity contribution < 1.29 is 14.3 Å². The first-order chi connectivity index (χ1) is 11.8. The Hall–Kier alpha value is -2.74. The molecule has 25 heavy (non-hydrogen) atoms. The van der Waals surface area contributed by atoms with E-state index in [2.05, 4.69) is 6.07 Å².